The summed E-state index contributed by atoms with van der Waals surface area (Å²) in [6, 6.07) is 11.4. The molecule has 1 aromatic heterocycles. The van der Waals surface area contributed by atoms with Crippen LogP contribution in [0.5, 0.6) is 0 Å². The summed E-state index contributed by atoms with van der Waals surface area (Å²) in [6.45, 7) is 1.84. The zero-order valence-corrected chi connectivity index (χ0v) is 12.4. The number of H-pyrrole nitrogens is 1. The summed E-state index contributed by atoms with van der Waals surface area (Å²) in [5.74, 6) is -0.896. The summed E-state index contributed by atoms with van der Waals surface area (Å²) in [4.78, 5) is 14.5. The summed E-state index contributed by atoms with van der Waals surface area (Å²) in [5, 5.41) is 10.3. The van der Waals surface area contributed by atoms with Gasteiger partial charge < -0.3 is 10.1 Å². The number of hydrogen-bond donors (Lipinski definition) is 2. The lowest BCUT2D eigenvalue weighted by Crippen LogP contribution is -2.00. The molecule has 0 spiro atoms. The molecule has 0 atom stereocenters. The van der Waals surface area contributed by atoms with E-state index in [1.807, 2.05) is 37.4 Å². The van der Waals surface area contributed by atoms with Gasteiger partial charge in [0.1, 0.15) is 0 Å². The first-order chi connectivity index (χ1) is 9.58. The number of nitrogens with one attached hydrogen (secondary N) is 1. The molecule has 20 heavy (non-hydrogen) atoms. The van der Waals surface area contributed by atoms with Crippen LogP contribution in [-0.4, -0.2) is 16.1 Å². The van der Waals surface area contributed by atoms with Gasteiger partial charge in [-0.3, -0.25) is 0 Å². The molecule has 0 bridgehead atoms. The first kappa shape index (κ1) is 12.9. The average molecular weight is 330 g/mol. The van der Waals surface area contributed by atoms with Crippen LogP contribution in [-0.2, 0) is 0 Å². The Morgan fingerprint density at radius 2 is 2.00 bits per heavy atom. The average Bonchev–Trinajstić information content (AvgIpc) is 2.81. The Morgan fingerprint density at radius 1 is 1.20 bits per heavy atom. The van der Waals surface area contributed by atoms with E-state index in [4.69, 9.17) is 0 Å². The van der Waals surface area contributed by atoms with Gasteiger partial charge in [-0.1, -0.05) is 34.1 Å². The van der Waals surface area contributed by atoms with Gasteiger partial charge in [-0.05, 0) is 36.2 Å². The highest BCUT2D eigenvalue weighted by Gasteiger charge is 2.14. The van der Waals surface area contributed by atoms with Gasteiger partial charge in [0.15, 0.2) is 0 Å². The number of aromatic nitrogens is 1. The summed E-state index contributed by atoms with van der Waals surface area (Å²) in [6.07, 6.45) is 1.92. The molecule has 0 fully saturated rings. The first-order valence-electron chi connectivity index (χ1n) is 6.18. The van der Waals surface area contributed by atoms with Crippen LogP contribution in [0.1, 0.15) is 15.9 Å². The lowest BCUT2D eigenvalue weighted by Gasteiger charge is -2.08. The van der Waals surface area contributed by atoms with Crippen LogP contribution in [0.3, 0.4) is 0 Å². The van der Waals surface area contributed by atoms with E-state index < -0.39 is 5.97 Å². The molecule has 1 heterocycles. The highest BCUT2D eigenvalue weighted by molar-refractivity contribution is 9.10. The van der Waals surface area contributed by atoms with Crippen LogP contribution in [0.25, 0.3) is 22.0 Å². The van der Waals surface area contributed by atoms with E-state index in [0.717, 1.165) is 32.1 Å². The third-order valence-corrected chi connectivity index (χ3v) is 3.99. The SMILES string of the molecule is Cc1c(C(=O)O)cccc1-c1c[nH]c2cc(Br)ccc12. The molecule has 2 aromatic carbocycles. The maximum absolute atomic E-state index is 11.2. The van der Waals surface area contributed by atoms with E-state index >= 15 is 0 Å². The maximum atomic E-state index is 11.2. The van der Waals surface area contributed by atoms with Crippen LogP contribution in [0.4, 0.5) is 0 Å². The Labute approximate surface area is 124 Å². The number of aromatic carboxylic acids is 1. The van der Waals surface area contributed by atoms with Gasteiger partial charge in [0.25, 0.3) is 0 Å². The predicted molar refractivity (Wildman–Crippen MR) is 83.1 cm³/mol. The number of fused-ring (bicyclic) bond motifs is 1. The maximum Gasteiger partial charge on any atom is 0.335 e. The molecule has 2 N–H and O–H groups in total. The molecule has 0 amide bonds. The standard InChI is InChI=1S/C16H12BrNO2/c1-9-11(3-2-4-12(9)16(19)20)14-8-18-15-7-10(17)5-6-13(14)15/h2-8,18H,1H3,(H,19,20). The van der Waals surface area contributed by atoms with Crippen molar-refractivity contribution >= 4 is 32.8 Å². The number of rotatable bonds is 2. The fourth-order valence-electron chi connectivity index (χ4n) is 2.48. The second-order valence-corrected chi connectivity index (χ2v) is 5.59. The molecular formula is C16H12BrNO2. The first-order valence-corrected chi connectivity index (χ1v) is 6.97. The zero-order chi connectivity index (χ0) is 14.3. The molecule has 0 unspecified atom stereocenters. The van der Waals surface area contributed by atoms with Gasteiger partial charge in [0.2, 0.25) is 0 Å². The van der Waals surface area contributed by atoms with Crippen LogP contribution in [0, 0.1) is 6.92 Å². The number of halogens is 1. The quantitative estimate of drug-likeness (QED) is 0.721. The molecule has 0 aliphatic rings. The number of carboxylic acids is 1. The van der Waals surface area contributed by atoms with E-state index in [1.54, 1.807) is 12.1 Å². The number of carbonyl (C=O) groups is 1. The van der Waals surface area contributed by atoms with Gasteiger partial charge in [-0.15, -0.1) is 0 Å². The van der Waals surface area contributed by atoms with Crippen molar-refractivity contribution in [3.63, 3.8) is 0 Å². The highest BCUT2D eigenvalue weighted by atomic mass is 79.9. The van der Waals surface area contributed by atoms with Gasteiger partial charge in [0, 0.05) is 27.1 Å². The third-order valence-electron chi connectivity index (χ3n) is 3.50. The van der Waals surface area contributed by atoms with Crippen LogP contribution in [0.15, 0.2) is 47.1 Å². The fraction of sp³-hybridized carbons (Fsp3) is 0.0625. The van der Waals surface area contributed by atoms with Crippen LogP contribution >= 0.6 is 15.9 Å². The minimum Gasteiger partial charge on any atom is -0.478 e. The number of hydrogen-bond acceptors (Lipinski definition) is 1. The van der Waals surface area contributed by atoms with Crippen molar-refractivity contribution in [3.8, 4) is 11.1 Å². The summed E-state index contributed by atoms with van der Waals surface area (Å²) in [7, 11) is 0. The molecule has 3 nitrogen and oxygen atoms in total. The lowest BCUT2D eigenvalue weighted by atomic mass is 9.96. The Balaban J connectivity index is 2.26. The molecule has 0 aliphatic heterocycles. The van der Waals surface area contributed by atoms with E-state index in [1.165, 1.54) is 0 Å². The second kappa shape index (κ2) is 4.80. The molecule has 0 radical (unpaired) electrons. The van der Waals surface area contributed by atoms with Crippen molar-refractivity contribution in [2.75, 3.05) is 0 Å². The zero-order valence-electron chi connectivity index (χ0n) is 10.8. The van der Waals surface area contributed by atoms with Crippen molar-refractivity contribution in [2.24, 2.45) is 0 Å². The van der Waals surface area contributed by atoms with Crippen LogP contribution in [0.2, 0.25) is 0 Å². The highest BCUT2D eigenvalue weighted by Crippen LogP contribution is 2.33. The monoisotopic (exact) mass is 329 g/mol. The van der Waals surface area contributed by atoms with Gasteiger partial charge >= 0.3 is 5.97 Å². The Kier molecular flexibility index (Phi) is 3.10. The van der Waals surface area contributed by atoms with Crippen molar-refractivity contribution in [1.82, 2.24) is 4.98 Å². The number of benzene rings is 2. The third kappa shape index (κ3) is 2.02. The Bertz CT molecular complexity index is 820. The smallest absolute Gasteiger partial charge is 0.335 e. The van der Waals surface area contributed by atoms with E-state index in [2.05, 4.69) is 20.9 Å². The van der Waals surface area contributed by atoms with E-state index in [0.29, 0.717) is 5.56 Å². The van der Waals surface area contributed by atoms with Gasteiger partial charge in [-0.25, -0.2) is 4.79 Å². The van der Waals surface area contributed by atoms with Gasteiger partial charge in [-0.2, -0.15) is 0 Å². The summed E-state index contributed by atoms with van der Waals surface area (Å²) >= 11 is 3.45. The van der Waals surface area contributed by atoms with E-state index in [9.17, 15) is 9.90 Å². The number of aromatic amines is 1. The topological polar surface area (TPSA) is 53.1 Å². The van der Waals surface area contributed by atoms with Gasteiger partial charge in [0.05, 0.1) is 5.56 Å². The molecule has 3 rings (SSSR count). The van der Waals surface area contributed by atoms with Crippen molar-refractivity contribution in [2.45, 2.75) is 6.92 Å². The minimum atomic E-state index is -0.896. The fourth-order valence-corrected chi connectivity index (χ4v) is 2.84. The van der Waals surface area contributed by atoms with E-state index in [-0.39, 0.29) is 0 Å². The Hall–Kier alpha value is -2.07. The largest absolute Gasteiger partial charge is 0.478 e. The Morgan fingerprint density at radius 3 is 2.75 bits per heavy atom. The van der Waals surface area contributed by atoms with Crippen molar-refractivity contribution in [1.29, 1.82) is 0 Å². The molecule has 100 valence electrons. The summed E-state index contributed by atoms with van der Waals surface area (Å²) in [5.41, 5.74) is 4.11. The predicted octanol–water partition coefficient (Wildman–Crippen LogP) is 4.60. The normalized spacial score (nSPS) is 10.9. The molecule has 3 aromatic rings. The number of carboxylic acid groups (broad SMARTS) is 1. The lowest BCUT2D eigenvalue weighted by molar-refractivity contribution is 0.0696. The molecule has 0 saturated heterocycles. The molecular weight excluding hydrogens is 318 g/mol. The molecule has 0 saturated carbocycles. The molecule has 0 aliphatic carbocycles. The second-order valence-electron chi connectivity index (χ2n) is 4.68. The van der Waals surface area contributed by atoms with Crippen LogP contribution < -0.4 is 0 Å². The molecule has 4 heteroatoms. The van der Waals surface area contributed by atoms with Crippen molar-refractivity contribution in [3.05, 3.63) is 58.2 Å². The minimum absolute atomic E-state index is 0.342. The van der Waals surface area contributed by atoms with Crippen molar-refractivity contribution < 1.29 is 9.90 Å². The summed E-state index contributed by atoms with van der Waals surface area (Å²) < 4.78 is 1.01.